The van der Waals surface area contributed by atoms with Crippen molar-refractivity contribution >= 4 is 25.7 Å². The Morgan fingerprint density at radius 2 is 2.00 bits per heavy atom. The zero-order valence-corrected chi connectivity index (χ0v) is 9.72. The van der Waals surface area contributed by atoms with E-state index in [9.17, 15) is 13.2 Å². The molecule has 0 N–H and O–H groups in total. The van der Waals surface area contributed by atoms with Crippen LogP contribution in [0.15, 0.2) is 23.1 Å². The van der Waals surface area contributed by atoms with Crippen LogP contribution in [0.1, 0.15) is 15.9 Å². The van der Waals surface area contributed by atoms with E-state index in [2.05, 4.69) is 4.74 Å². The minimum atomic E-state index is -3.76. The summed E-state index contributed by atoms with van der Waals surface area (Å²) >= 11 is 0. The largest absolute Gasteiger partial charge is 0.465 e. The summed E-state index contributed by atoms with van der Waals surface area (Å²) in [5, 5.41) is 0. The Labute approximate surface area is 92.2 Å². The van der Waals surface area contributed by atoms with E-state index in [-0.39, 0.29) is 4.90 Å². The molecule has 15 heavy (non-hydrogen) atoms. The molecule has 0 bridgehead atoms. The molecular weight excluding hydrogens is 240 g/mol. The molecule has 0 unspecified atom stereocenters. The van der Waals surface area contributed by atoms with Gasteiger partial charge in [-0.05, 0) is 30.7 Å². The van der Waals surface area contributed by atoms with E-state index in [1.165, 1.54) is 25.3 Å². The van der Waals surface area contributed by atoms with Gasteiger partial charge in [-0.3, -0.25) is 0 Å². The normalized spacial score (nSPS) is 11.1. The number of hydrogen-bond donors (Lipinski definition) is 0. The fraction of sp³-hybridized carbons (Fsp3) is 0.222. The minimum Gasteiger partial charge on any atom is -0.465 e. The highest BCUT2D eigenvalue weighted by Gasteiger charge is 2.15. The Bertz CT molecular complexity index is 493. The fourth-order valence-corrected chi connectivity index (χ4v) is 2.36. The summed E-state index contributed by atoms with van der Waals surface area (Å²) < 4.78 is 26.6. The van der Waals surface area contributed by atoms with Gasteiger partial charge in [0.1, 0.15) is 0 Å². The Morgan fingerprint density at radius 1 is 1.40 bits per heavy atom. The lowest BCUT2D eigenvalue weighted by molar-refractivity contribution is 0.0600. The van der Waals surface area contributed by atoms with Gasteiger partial charge in [0.2, 0.25) is 0 Å². The van der Waals surface area contributed by atoms with E-state index < -0.39 is 15.0 Å². The predicted octanol–water partition coefficient (Wildman–Crippen LogP) is 1.71. The third-order valence-corrected chi connectivity index (χ3v) is 3.34. The number of hydrogen-bond acceptors (Lipinski definition) is 4. The summed E-state index contributed by atoms with van der Waals surface area (Å²) in [5.41, 5.74) is 0.701. The van der Waals surface area contributed by atoms with Crippen LogP contribution in [-0.2, 0) is 13.8 Å². The second kappa shape index (κ2) is 4.20. The topological polar surface area (TPSA) is 60.4 Å². The van der Waals surface area contributed by atoms with Gasteiger partial charge >= 0.3 is 5.97 Å². The molecule has 0 heterocycles. The first-order valence-corrected chi connectivity index (χ1v) is 6.31. The first kappa shape index (κ1) is 12.0. The Kier molecular flexibility index (Phi) is 3.36. The molecule has 0 amide bonds. The van der Waals surface area contributed by atoms with Crippen LogP contribution < -0.4 is 0 Å². The zero-order chi connectivity index (χ0) is 11.6. The first-order valence-electron chi connectivity index (χ1n) is 4.00. The zero-order valence-electron chi connectivity index (χ0n) is 8.15. The van der Waals surface area contributed by atoms with E-state index in [4.69, 9.17) is 10.7 Å². The molecule has 1 aromatic carbocycles. The van der Waals surface area contributed by atoms with Crippen molar-refractivity contribution in [2.24, 2.45) is 0 Å². The molecule has 0 aliphatic carbocycles. The summed E-state index contributed by atoms with van der Waals surface area (Å²) in [5.74, 6) is -0.517. The van der Waals surface area contributed by atoms with E-state index in [1.807, 2.05) is 0 Å². The highest BCUT2D eigenvalue weighted by molar-refractivity contribution is 8.13. The Hall–Kier alpha value is -1.07. The van der Waals surface area contributed by atoms with Crippen LogP contribution in [-0.4, -0.2) is 21.5 Å². The maximum Gasteiger partial charge on any atom is 0.337 e. The van der Waals surface area contributed by atoms with Gasteiger partial charge in [-0.1, -0.05) is 0 Å². The highest BCUT2D eigenvalue weighted by Crippen LogP contribution is 2.20. The highest BCUT2D eigenvalue weighted by atomic mass is 35.7. The van der Waals surface area contributed by atoms with E-state index >= 15 is 0 Å². The fourth-order valence-electron chi connectivity index (χ4n) is 1.17. The molecule has 0 fully saturated rings. The van der Waals surface area contributed by atoms with Gasteiger partial charge in [0.25, 0.3) is 9.05 Å². The second-order valence-corrected chi connectivity index (χ2v) is 5.44. The molecule has 0 aromatic heterocycles. The Morgan fingerprint density at radius 3 is 2.40 bits per heavy atom. The number of rotatable bonds is 2. The van der Waals surface area contributed by atoms with Crippen LogP contribution >= 0.6 is 10.7 Å². The average Bonchev–Trinajstić information content (AvgIpc) is 2.14. The molecule has 0 saturated carbocycles. The molecule has 0 atom stereocenters. The molecule has 4 nitrogen and oxygen atoms in total. The standard InChI is InChI=1S/C9H9ClO4S/c1-6-5-7(9(11)14-2)3-4-8(6)15(10,12)13/h3-5H,1-2H3. The number of carbonyl (C=O) groups is 1. The molecule has 0 radical (unpaired) electrons. The molecule has 82 valence electrons. The van der Waals surface area contributed by atoms with E-state index in [1.54, 1.807) is 6.92 Å². The second-order valence-electron chi connectivity index (χ2n) is 2.91. The molecule has 6 heteroatoms. The maximum atomic E-state index is 11.1. The molecule has 0 saturated heterocycles. The SMILES string of the molecule is COC(=O)c1ccc(S(=O)(=O)Cl)c(C)c1. The number of benzene rings is 1. The molecule has 1 rings (SSSR count). The third kappa shape index (κ3) is 2.70. The van der Waals surface area contributed by atoms with Gasteiger partial charge < -0.3 is 4.74 Å². The first-order chi connectivity index (χ1) is 6.86. The number of carbonyl (C=O) groups excluding carboxylic acids is 1. The molecular formula is C9H9ClO4S. The van der Waals surface area contributed by atoms with Gasteiger partial charge in [-0.15, -0.1) is 0 Å². The van der Waals surface area contributed by atoms with E-state index in [0.717, 1.165) is 0 Å². The predicted molar refractivity (Wildman–Crippen MR) is 55.6 cm³/mol. The van der Waals surface area contributed by atoms with Crippen LogP contribution in [0.4, 0.5) is 0 Å². The van der Waals surface area contributed by atoms with Gasteiger partial charge in [0.05, 0.1) is 17.6 Å². The average molecular weight is 249 g/mol. The lowest BCUT2D eigenvalue weighted by Gasteiger charge is -2.04. The summed E-state index contributed by atoms with van der Waals surface area (Å²) in [6.45, 7) is 1.56. The smallest absolute Gasteiger partial charge is 0.337 e. The number of esters is 1. The van der Waals surface area contributed by atoms with Crippen LogP contribution in [0.2, 0.25) is 0 Å². The maximum absolute atomic E-state index is 11.1. The summed E-state index contributed by atoms with van der Waals surface area (Å²) in [4.78, 5) is 11.1. The number of aryl methyl sites for hydroxylation is 1. The number of halogens is 1. The van der Waals surface area contributed by atoms with Crippen molar-refractivity contribution in [3.05, 3.63) is 29.3 Å². The van der Waals surface area contributed by atoms with Crippen LogP contribution in [0, 0.1) is 6.92 Å². The third-order valence-electron chi connectivity index (χ3n) is 1.86. The van der Waals surface area contributed by atoms with Crippen LogP contribution in [0.3, 0.4) is 0 Å². The number of ether oxygens (including phenoxy) is 1. The number of methoxy groups -OCH3 is 1. The van der Waals surface area contributed by atoms with Crippen molar-refractivity contribution in [3.8, 4) is 0 Å². The molecule has 0 aliphatic heterocycles. The van der Waals surface area contributed by atoms with Crippen LogP contribution in [0.5, 0.6) is 0 Å². The quantitative estimate of drug-likeness (QED) is 0.591. The van der Waals surface area contributed by atoms with Gasteiger partial charge in [0.15, 0.2) is 0 Å². The van der Waals surface area contributed by atoms with Crippen molar-refractivity contribution in [1.82, 2.24) is 0 Å². The van der Waals surface area contributed by atoms with Gasteiger partial charge in [-0.25, -0.2) is 13.2 Å². The molecule has 0 aliphatic rings. The van der Waals surface area contributed by atoms with Crippen molar-refractivity contribution in [3.63, 3.8) is 0 Å². The van der Waals surface area contributed by atoms with Crippen molar-refractivity contribution < 1.29 is 17.9 Å². The molecule has 0 spiro atoms. The monoisotopic (exact) mass is 248 g/mol. The van der Waals surface area contributed by atoms with Crippen molar-refractivity contribution in [2.75, 3.05) is 7.11 Å². The summed E-state index contributed by atoms with van der Waals surface area (Å²) in [7, 11) is 2.68. The lowest BCUT2D eigenvalue weighted by atomic mass is 10.1. The van der Waals surface area contributed by atoms with Crippen LogP contribution in [0.25, 0.3) is 0 Å². The van der Waals surface area contributed by atoms with Crippen molar-refractivity contribution in [1.29, 1.82) is 0 Å². The van der Waals surface area contributed by atoms with Gasteiger partial charge in [-0.2, -0.15) is 0 Å². The summed E-state index contributed by atoms with van der Waals surface area (Å²) in [6, 6.07) is 4.05. The lowest BCUT2D eigenvalue weighted by Crippen LogP contribution is -2.03. The van der Waals surface area contributed by atoms with E-state index in [0.29, 0.717) is 11.1 Å². The Balaban J connectivity index is 3.27. The van der Waals surface area contributed by atoms with Gasteiger partial charge in [0, 0.05) is 10.7 Å². The van der Waals surface area contributed by atoms with Crippen molar-refractivity contribution in [2.45, 2.75) is 11.8 Å². The minimum absolute atomic E-state index is 0.00294. The molecule has 1 aromatic rings. The summed E-state index contributed by atoms with van der Waals surface area (Å²) in [6.07, 6.45) is 0.